The van der Waals surface area contributed by atoms with Gasteiger partial charge in [0.1, 0.15) is 0 Å². The first-order valence-electron chi connectivity index (χ1n) is 2.49. The second-order valence-corrected chi connectivity index (χ2v) is 14.6. The number of hydrogen-bond donors (Lipinski definition) is 0. The third-order valence-electron chi connectivity index (χ3n) is 0.522. The Bertz CT molecular complexity index is 161. The van der Waals surface area contributed by atoms with Gasteiger partial charge < -0.3 is 24.8 Å². The van der Waals surface area contributed by atoms with Gasteiger partial charge in [-0.15, -0.1) is 0 Å². The van der Waals surface area contributed by atoms with Crippen LogP contribution in [-0.2, 0) is 26.2 Å². The molecule has 0 amide bonds. The molecule has 1 aliphatic heterocycles. The Kier molecular flexibility index (Phi) is 49.8. The van der Waals surface area contributed by atoms with Crippen LogP contribution in [-0.4, -0.2) is 96.3 Å². The molecule has 1 aliphatic rings. The van der Waals surface area contributed by atoms with Crippen LogP contribution in [0.5, 0.6) is 0 Å². The molecule has 0 fully saturated rings. The fraction of sp³-hybridized carbons (Fsp3) is 0. The average molecular weight is 903 g/mol. The third-order valence-corrected chi connectivity index (χ3v) is 18.2. The minimum atomic E-state index is -0.306. The first kappa shape index (κ1) is 25.8. The molecule has 0 unspecified atom stereocenters. The first-order valence-corrected chi connectivity index (χ1v) is 14.6. The second kappa shape index (κ2) is 25.1. The summed E-state index contributed by atoms with van der Waals surface area (Å²) in [5.41, 5.74) is 0. The minimum Gasteiger partial charge on any atom is -1.00 e. The molecule has 0 saturated carbocycles. The summed E-state index contributed by atoms with van der Waals surface area (Å²) >= 11 is 0.789. The van der Waals surface area contributed by atoms with E-state index >= 15 is 0 Å². The van der Waals surface area contributed by atoms with Gasteiger partial charge in [-0.1, -0.05) is 0 Å². The van der Waals surface area contributed by atoms with E-state index in [1.54, 1.807) is 0 Å². The largest absolute Gasteiger partial charge is 4.00 e. The van der Waals surface area contributed by atoms with Gasteiger partial charge in [-0.2, -0.15) is 0 Å². The molecule has 1 rings (SSSR count). The molecule has 0 aliphatic carbocycles. The molecule has 7 heteroatoms. The van der Waals surface area contributed by atoms with Crippen molar-refractivity contribution in [3.05, 3.63) is 15.6 Å². The number of halogens is 2. The van der Waals surface area contributed by atoms with Crippen molar-refractivity contribution in [3.8, 4) is 0 Å². The Morgan fingerprint density at radius 2 is 2.15 bits per heavy atom. The van der Waals surface area contributed by atoms with Gasteiger partial charge in [0.05, 0.1) is 0 Å². The summed E-state index contributed by atoms with van der Waals surface area (Å²) in [6.45, 7) is 0. The molecule has 69 valence electrons. The zero-order chi connectivity index (χ0) is 7.66. The van der Waals surface area contributed by atoms with Crippen LogP contribution in [0.1, 0.15) is 0 Å². The fourth-order valence-electron chi connectivity index (χ4n) is 0.229. The topological polar surface area (TPSA) is 0 Å². The van der Waals surface area contributed by atoms with Crippen molar-refractivity contribution in [3.63, 3.8) is 0 Å². The molecule has 1 radical (unpaired) electrons. The third kappa shape index (κ3) is 26.0. The maximum absolute atomic E-state index is 5.22. The van der Waals surface area contributed by atoms with Crippen molar-refractivity contribution in [2.24, 2.45) is 0 Å². The van der Waals surface area contributed by atoms with E-state index in [2.05, 4.69) is 17.3 Å². The molecule has 0 atom stereocenters. The predicted octanol–water partition coefficient (Wildman–Crippen LogP) is -7.37. The van der Waals surface area contributed by atoms with Crippen molar-refractivity contribution in [1.29, 1.82) is 0 Å². The van der Waals surface area contributed by atoms with E-state index < -0.39 is 0 Å². The molecule has 0 aromatic carbocycles. The van der Waals surface area contributed by atoms with Gasteiger partial charge in [0.15, 0.2) is 0 Å². The smallest absolute Gasteiger partial charge is 1.00 e. The quantitative estimate of drug-likeness (QED) is 0.182. The minimum absolute atomic E-state index is 0. The summed E-state index contributed by atoms with van der Waals surface area (Å²) in [7, 11) is 0. The van der Waals surface area contributed by atoms with E-state index in [1.165, 1.54) is 24.7 Å². The molecule has 0 N–H and O–H groups in total. The maximum Gasteiger partial charge on any atom is 4.00 e. The van der Waals surface area contributed by atoms with Crippen molar-refractivity contribution in [2.75, 3.05) is 0 Å². The van der Waals surface area contributed by atoms with Gasteiger partial charge in [0.2, 0.25) is 0 Å². The maximum atomic E-state index is 5.22. The predicted molar refractivity (Wildman–Crippen MR) is 55.2 cm³/mol. The van der Waals surface area contributed by atoms with Gasteiger partial charge in [-0.05, 0) is 0 Å². The fourth-order valence-corrected chi connectivity index (χ4v) is 13.5. The second-order valence-electron chi connectivity index (χ2n) is 1.17. The molecule has 1 heterocycles. The molecule has 13 heavy (non-hydrogen) atoms. The number of rotatable bonds is 1. The Balaban J connectivity index is -0.0000000506. The zero-order valence-corrected chi connectivity index (χ0v) is 23.4. The van der Waals surface area contributed by atoms with Gasteiger partial charge in [0.25, 0.3) is 0 Å². The van der Waals surface area contributed by atoms with Crippen LogP contribution in [0.4, 0.5) is 0 Å². The monoisotopic (exact) mass is 899 g/mol. The SMILES string of the molecule is [C-]1=[Sb][CH]=[CH][BiH]1.[CH-]=[Sb][CH]=[CH][BiH].[Cl-].[Cl-].[Zr+4]. The standard InChI is InChI=1S/2C2H2.CH.C.2Bi.2ClH.2Sb.Zr.2H/c2*1-2;;;;;;;;;;;/h2*1-2H;1H;;;;2*1H;;;;;/q;;2*-1;;;;;;;+4;;/p-2. The van der Waals surface area contributed by atoms with E-state index in [4.69, 9.17) is 4.45 Å². The van der Waals surface area contributed by atoms with Crippen LogP contribution in [0.15, 0.2) is 15.6 Å². The summed E-state index contributed by atoms with van der Waals surface area (Å²) in [6, 6.07) is 0. The molecule has 0 nitrogen and oxygen atoms in total. The molecular formula is C6H7Bi2Cl2Sb2Zr. The van der Waals surface area contributed by atoms with Gasteiger partial charge in [-0.25, -0.2) is 0 Å². The molecular weight excluding hydrogens is 896 g/mol. The first-order chi connectivity index (χ1) is 4.91. The van der Waals surface area contributed by atoms with Gasteiger partial charge in [0, 0.05) is 0 Å². The Hall–Kier alpha value is 4.09. The molecule has 0 spiro atoms. The van der Waals surface area contributed by atoms with Crippen molar-refractivity contribution >= 4 is 96.3 Å². The van der Waals surface area contributed by atoms with E-state index in [0.717, 1.165) is 0 Å². The van der Waals surface area contributed by atoms with E-state index in [-0.39, 0.29) is 117 Å². The van der Waals surface area contributed by atoms with Crippen LogP contribution in [0.25, 0.3) is 0 Å². The molecule has 0 aromatic rings. The van der Waals surface area contributed by atoms with Crippen LogP contribution in [0.3, 0.4) is 0 Å². The summed E-state index contributed by atoms with van der Waals surface area (Å²) in [5, 5.41) is 0. The van der Waals surface area contributed by atoms with Crippen molar-refractivity contribution < 1.29 is 51.0 Å². The molecule has 0 aromatic heterocycles. The molecule has 0 bridgehead atoms. The Morgan fingerprint density at radius 1 is 1.54 bits per heavy atom. The zero-order valence-electron chi connectivity index (χ0n) is 6.54. The van der Waals surface area contributed by atoms with E-state index in [9.17, 15) is 0 Å². The van der Waals surface area contributed by atoms with Gasteiger partial charge >= 0.3 is 138 Å². The van der Waals surface area contributed by atoms with E-state index in [1.807, 2.05) is 0 Å². The summed E-state index contributed by atoms with van der Waals surface area (Å²) in [4.78, 5) is 0. The van der Waals surface area contributed by atoms with Crippen molar-refractivity contribution in [1.82, 2.24) is 0 Å². The average Bonchev–Trinajstić information content (AvgIpc) is 2.44. The van der Waals surface area contributed by atoms with E-state index in [0.29, 0.717) is 0 Å². The van der Waals surface area contributed by atoms with Crippen molar-refractivity contribution in [2.45, 2.75) is 0 Å². The molecule has 0 saturated heterocycles. The number of hydrogen-bond acceptors (Lipinski definition) is 0. The summed E-state index contributed by atoms with van der Waals surface area (Å²) in [5.74, 6) is 0. The van der Waals surface area contributed by atoms with Crippen LogP contribution >= 0.6 is 0 Å². The summed E-state index contributed by atoms with van der Waals surface area (Å²) < 4.78 is 17.7. The Morgan fingerprint density at radius 3 is 2.23 bits per heavy atom. The van der Waals surface area contributed by atoms with Crippen LogP contribution < -0.4 is 24.8 Å². The van der Waals surface area contributed by atoms with Crippen LogP contribution in [0, 0.1) is 0 Å². The van der Waals surface area contributed by atoms with Gasteiger partial charge in [-0.3, -0.25) is 0 Å². The van der Waals surface area contributed by atoms with Crippen LogP contribution in [0.2, 0.25) is 0 Å². The Labute approximate surface area is 159 Å². The summed E-state index contributed by atoms with van der Waals surface area (Å²) in [6.07, 6.45) is 0. The normalized spacial score (nSPS) is 10.2.